The molecule has 1 aromatic heterocycles. The number of benzene rings is 1. The van der Waals surface area contributed by atoms with Gasteiger partial charge in [0.1, 0.15) is 5.75 Å². The molecule has 148 valence electrons. The number of hydrogen-bond donors (Lipinski definition) is 0. The molecular formula is C22H28N4O2. The Hall–Kier alpha value is -2.63. The number of rotatable bonds is 5. The first kappa shape index (κ1) is 18.7. The Kier molecular flexibility index (Phi) is 5.20. The van der Waals surface area contributed by atoms with E-state index in [-0.39, 0.29) is 11.3 Å². The number of nitrogens with zero attached hydrogens (tertiary/aromatic N) is 4. The lowest BCUT2D eigenvalue weighted by Crippen LogP contribution is -2.48. The van der Waals surface area contributed by atoms with Crippen LogP contribution in [0.25, 0.3) is 0 Å². The Morgan fingerprint density at radius 3 is 2.86 bits per heavy atom. The minimum Gasteiger partial charge on any atom is -0.493 e. The van der Waals surface area contributed by atoms with Crippen LogP contribution in [0.5, 0.6) is 5.75 Å². The van der Waals surface area contributed by atoms with Gasteiger partial charge in [-0.25, -0.2) is 9.97 Å². The molecule has 6 heteroatoms. The van der Waals surface area contributed by atoms with Crippen LogP contribution in [0.1, 0.15) is 36.9 Å². The third-order valence-electron chi connectivity index (χ3n) is 5.88. The summed E-state index contributed by atoms with van der Waals surface area (Å²) in [4.78, 5) is 26.1. The molecule has 2 heterocycles. The van der Waals surface area contributed by atoms with Gasteiger partial charge >= 0.3 is 0 Å². The van der Waals surface area contributed by atoms with E-state index in [1.165, 1.54) is 5.56 Å². The molecule has 1 fully saturated rings. The van der Waals surface area contributed by atoms with Crippen molar-refractivity contribution in [3.8, 4) is 5.75 Å². The molecule has 2 aliphatic rings. The minimum atomic E-state index is -0.0166. The largest absolute Gasteiger partial charge is 0.493 e. The van der Waals surface area contributed by atoms with Crippen molar-refractivity contribution in [2.45, 2.75) is 37.5 Å². The first-order valence-electron chi connectivity index (χ1n) is 10.1. The van der Waals surface area contributed by atoms with Crippen LogP contribution >= 0.6 is 0 Å². The monoisotopic (exact) mass is 380 g/mol. The van der Waals surface area contributed by atoms with E-state index in [2.05, 4.69) is 4.98 Å². The topological polar surface area (TPSA) is 58.6 Å². The molecule has 0 N–H and O–H groups in total. The number of amides is 1. The fraction of sp³-hybridized carbons (Fsp3) is 0.500. The number of fused-ring (bicyclic) bond motifs is 2. The van der Waals surface area contributed by atoms with Crippen molar-refractivity contribution in [3.05, 3.63) is 47.8 Å². The number of ether oxygens (including phenoxy) is 1. The lowest BCUT2D eigenvalue weighted by molar-refractivity contribution is -0.134. The summed E-state index contributed by atoms with van der Waals surface area (Å²) in [6.45, 7) is 2.00. The molecule has 1 unspecified atom stereocenters. The fourth-order valence-corrected chi connectivity index (χ4v) is 4.42. The standard InChI is InChI=1S/C22H28N4O2/c1-25(2)21-23-15-17-9-12-22(20(17)24-21)11-6-13-26(16-22)19(27)10-14-28-18-7-4-3-5-8-18/h3-5,7-8,15H,6,9-14,16H2,1-2H3. The van der Waals surface area contributed by atoms with Crippen molar-refractivity contribution in [1.82, 2.24) is 14.9 Å². The van der Waals surface area contributed by atoms with Gasteiger partial charge in [0.25, 0.3) is 0 Å². The molecule has 28 heavy (non-hydrogen) atoms. The Morgan fingerprint density at radius 1 is 1.25 bits per heavy atom. The van der Waals surface area contributed by atoms with Crippen molar-refractivity contribution >= 4 is 11.9 Å². The van der Waals surface area contributed by atoms with Gasteiger partial charge in [0, 0.05) is 38.8 Å². The summed E-state index contributed by atoms with van der Waals surface area (Å²) in [7, 11) is 3.93. The first-order valence-corrected chi connectivity index (χ1v) is 10.1. The van der Waals surface area contributed by atoms with Gasteiger partial charge in [-0.1, -0.05) is 18.2 Å². The average molecular weight is 380 g/mol. The van der Waals surface area contributed by atoms with Gasteiger partial charge in [-0.2, -0.15) is 0 Å². The maximum Gasteiger partial charge on any atom is 0.226 e. The van der Waals surface area contributed by atoms with E-state index < -0.39 is 0 Å². The van der Waals surface area contributed by atoms with E-state index in [1.54, 1.807) is 0 Å². The molecule has 1 saturated heterocycles. The highest BCUT2D eigenvalue weighted by Crippen LogP contribution is 2.44. The Balaban J connectivity index is 1.42. The summed E-state index contributed by atoms with van der Waals surface area (Å²) in [5, 5.41) is 0. The van der Waals surface area contributed by atoms with Gasteiger partial charge in [-0.15, -0.1) is 0 Å². The molecule has 2 aromatic rings. The van der Waals surface area contributed by atoms with Crippen molar-refractivity contribution in [2.75, 3.05) is 38.7 Å². The molecule has 1 aromatic carbocycles. The maximum absolute atomic E-state index is 12.8. The predicted molar refractivity (Wildman–Crippen MR) is 109 cm³/mol. The minimum absolute atomic E-state index is 0.0166. The van der Waals surface area contributed by atoms with Gasteiger partial charge in [-0.05, 0) is 43.4 Å². The molecule has 4 rings (SSSR count). The van der Waals surface area contributed by atoms with Crippen molar-refractivity contribution in [2.24, 2.45) is 0 Å². The van der Waals surface area contributed by atoms with Crippen LogP contribution in [0.15, 0.2) is 36.5 Å². The van der Waals surface area contributed by atoms with E-state index in [0.29, 0.717) is 13.0 Å². The van der Waals surface area contributed by atoms with Crippen molar-refractivity contribution < 1.29 is 9.53 Å². The predicted octanol–water partition coefficient (Wildman–Crippen LogP) is 2.82. The zero-order valence-electron chi connectivity index (χ0n) is 16.7. The normalized spacial score (nSPS) is 20.9. The molecule has 0 saturated carbocycles. The third-order valence-corrected chi connectivity index (χ3v) is 5.88. The molecular weight excluding hydrogens is 352 g/mol. The highest BCUT2D eigenvalue weighted by molar-refractivity contribution is 5.76. The van der Waals surface area contributed by atoms with Crippen LogP contribution in [-0.2, 0) is 16.6 Å². The number of likely N-dealkylation sites (tertiary alicyclic amines) is 1. The summed E-state index contributed by atoms with van der Waals surface area (Å²) in [6, 6.07) is 9.66. The second-order valence-corrected chi connectivity index (χ2v) is 8.05. The summed E-state index contributed by atoms with van der Waals surface area (Å²) in [5.41, 5.74) is 2.38. The fourth-order valence-electron chi connectivity index (χ4n) is 4.42. The zero-order valence-corrected chi connectivity index (χ0v) is 16.7. The third kappa shape index (κ3) is 3.68. The molecule has 0 bridgehead atoms. The summed E-state index contributed by atoms with van der Waals surface area (Å²) in [5.74, 6) is 1.73. The van der Waals surface area contributed by atoms with Gasteiger partial charge in [0.2, 0.25) is 11.9 Å². The Bertz CT molecular complexity index is 836. The molecule has 1 atom stereocenters. The second kappa shape index (κ2) is 7.78. The smallest absolute Gasteiger partial charge is 0.226 e. The average Bonchev–Trinajstić information content (AvgIpc) is 3.06. The number of hydrogen-bond acceptors (Lipinski definition) is 5. The van der Waals surface area contributed by atoms with E-state index >= 15 is 0 Å². The van der Waals surface area contributed by atoms with E-state index in [4.69, 9.17) is 9.72 Å². The summed E-state index contributed by atoms with van der Waals surface area (Å²) in [6.07, 6.45) is 6.55. The maximum atomic E-state index is 12.8. The highest BCUT2D eigenvalue weighted by Gasteiger charge is 2.44. The van der Waals surface area contributed by atoms with Gasteiger partial charge in [0.05, 0.1) is 18.7 Å². The van der Waals surface area contributed by atoms with Crippen LogP contribution in [0.2, 0.25) is 0 Å². The highest BCUT2D eigenvalue weighted by atomic mass is 16.5. The van der Waals surface area contributed by atoms with Crippen LogP contribution in [0.3, 0.4) is 0 Å². The first-order chi connectivity index (χ1) is 13.6. The molecule has 0 radical (unpaired) electrons. The van der Waals surface area contributed by atoms with Gasteiger partial charge < -0.3 is 14.5 Å². The van der Waals surface area contributed by atoms with Crippen molar-refractivity contribution in [1.29, 1.82) is 0 Å². The number of anilines is 1. The molecule has 1 aliphatic carbocycles. The number of aromatic nitrogens is 2. The summed E-state index contributed by atoms with van der Waals surface area (Å²) >= 11 is 0. The van der Waals surface area contributed by atoms with Crippen LogP contribution in [0.4, 0.5) is 5.95 Å². The number of carbonyl (C=O) groups excluding carboxylic acids is 1. The number of aryl methyl sites for hydroxylation is 1. The van der Waals surface area contributed by atoms with Gasteiger partial charge in [0.15, 0.2) is 0 Å². The van der Waals surface area contributed by atoms with E-state index in [0.717, 1.165) is 56.2 Å². The zero-order chi connectivity index (χ0) is 19.6. The number of para-hydroxylation sites is 1. The second-order valence-electron chi connectivity index (χ2n) is 8.05. The Labute approximate surface area is 166 Å². The number of carbonyl (C=O) groups is 1. The quantitative estimate of drug-likeness (QED) is 0.798. The van der Waals surface area contributed by atoms with E-state index in [1.807, 2.05) is 60.4 Å². The lowest BCUT2D eigenvalue weighted by atomic mass is 9.77. The molecule has 1 spiro atoms. The van der Waals surface area contributed by atoms with Crippen LogP contribution in [-0.4, -0.2) is 54.6 Å². The summed E-state index contributed by atoms with van der Waals surface area (Å²) < 4.78 is 5.71. The van der Waals surface area contributed by atoms with Gasteiger partial charge in [-0.3, -0.25) is 4.79 Å². The number of piperidine rings is 1. The lowest BCUT2D eigenvalue weighted by Gasteiger charge is -2.40. The molecule has 1 amide bonds. The van der Waals surface area contributed by atoms with Crippen LogP contribution in [0, 0.1) is 0 Å². The Morgan fingerprint density at radius 2 is 2.07 bits per heavy atom. The van der Waals surface area contributed by atoms with E-state index in [9.17, 15) is 4.79 Å². The van der Waals surface area contributed by atoms with Crippen LogP contribution < -0.4 is 9.64 Å². The molecule has 1 aliphatic heterocycles. The molecule has 6 nitrogen and oxygen atoms in total. The SMILES string of the molecule is CN(C)c1ncc2c(n1)C1(CCCN(C(=O)CCOc3ccccc3)C1)CC2. The van der Waals surface area contributed by atoms with Crippen molar-refractivity contribution in [3.63, 3.8) is 0 Å².